The summed E-state index contributed by atoms with van der Waals surface area (Å²) in [5.74, 6) is -0.139. The summed E-state index contributed by atoms with van der Waals surface area (Å²) >= 11 is 0. The first-order chi connectivity index (χ1) is 13.1. The summed E-state index contributed by atoms with van der Waals surface area (Å²) in [6.07, 6.45) is 4.98. The van der Waals surface area contributed by atoms with Crippen molar-refractivity contribution in [2.75, 3.05) is 19.8 Å². The molecule has 1 N–H and O–H groups in total. The minimum absolute atomic E-state index is 0.330. The van der Waals surface area contributed by atoms with Gasteiger partial charge in [-0.15, -0.1) is 0 Å². The van der Waals surface area contributed by atoms with Gasteiger partial charge in [0.1, 0.15) is 5.54 Å². The summed E-state index contributed by atoms with van der Waals surface area (Å²) in [5.41, 5.74) is -0.839. The highest BCUT2D eigenvalue weighted by Gasteiger charge is 2.33. The summed E-state index contributed by atoms with van der Waals surface area (Å²) in [7, 11) is 0. The molecule has 7 nitrogen and oxygen atoms in total. The molecule has 2 rings (SSSR count). The molecule has 0 aromatic heterocycles. The molecule has 1 aromatic carbocycles. The van der Waals surface area contributed by atoms with Gasteiger partial charge in [0.15, 0.2) is 24.7 Å². The van der Waals surface area contributed by atoms with Crippen LogP contribution in [0.5, 0.6) is 11.5 Å². The normalized spacial score (nSPS) is 15.3. The number of nitrogens with one attached hydrogen (secondary N) is 1. The van der Waals surface area contributed by atoms with Crippen molar-refractivity contribution in [3.63, 3.8) is 0 Å². The summed E-state index contributed by atoms with van der Waals surface area (Å²) < 4.78 is 15.9. The van der Waals surface area contributed by atoms with Crippen molar-refractivity contribution in [1.82, 2.24) is 5.32 Å². The molecule has 1 fully saturated rings. The maximum Gasteiger partial charge on any atom is 0.344 e. The number of carbonyl (C=O) groups is 2. The molecular weight excluding hydrogens is 348 g/mol. The van der Waals surface area contributed by atoms with E-state index in [4.69, 9.17) is 14.2 Å². The quantitative estimate of drug-likeness (QED) is 0.668. The van der Waals surface area contributed by atoms with Gasteiger partial charge in [0.2, 0.25) is 0 Å². The molecule has 0 saturated heterocycles. The number of para-hydroxylation sites is 2. The summed E-state index contributed by atoms with van der Waals surface area (Å²) in [6.45, 7) is 1.78. The van der Waals surface area contributed by atoms with Crippen molar-refractivity contribution in [3.8, 4) is 17.6 Å². The van der Waals surface area contributed by atoms with Crippen molar-refractivity contribution in [2.45, 2.75) is 51.0 Å². The zero-order valence-electron chi connectivity index (χ0n) is 15.7. The van der Waals surface area contributed by atoms with Gasteiger partial charge in [0.05, 0.1) is 12.7 Å². The van der Waals surface area contributed by atoms with E-state index in [1.54, 1.807) is 18.2 Å². The number of rotatable bonds is 9. The van der Waals surface area contributed by atoms with Crippen LogP contribution in [0.15, 0.2) is 24.3 Å². The monoisotopic (exact) mass is 374 g/mol. The van der Waals surface area contributed by atoms with E-state index < -0.39 is 24.0 Å². The highest BCUT2D eigenvalue weighted by Crippen LogP contribution is 2.28. The second-order valence-electron chi connectivity index (χ2n) is 6.55. The average Bonchev–Trinajstić information content (AvgIpc) is 2.70. The maximum atomic E-state index is 12.0. The van der Waals surface area contributed by atoms with E-state index in [9.17, 15) is 14.9 Å². The van der Waals surface area contributed by atoms with Crippen LogP contribution in [0, 0.1) is 11.3 Å². The fraction of sp³-hybridized carbons (Fsp3) is 0.550. The fourth-order valence-electron chi connectivity index (χ4n) is 2.95. The van der Waals surface area contributed by atoms with Crippen LogP contribution in [-0.2, 0) is 14.3 Å². The van der Waals surface area contributed by atoms with Crippen LogP contribution in [0.3, 0.4) is 0 Å². The fourth-order valence-corrected chi connectivity index (χ4v) is 2.95. The Morgan fingerprint density at radius 2 is 1.78 bits per heavy atom. The van der Waals surface area contributed by atoms with Gasteiger partial charge in [0.25, 0.3) is 5.91 Å². The predicted octanol–water partition coefficient (Wildman–Crippen LogP) is 2.74. The van der Waals surface area contributed by atoms with Crippen LogP contribution >= 0.6 is 0 Å². The van der Waals surface area contributed by atoms with E-state index in [2.05, 4.69) is 11.4 Å². The molecule has 7 heteroatoms. The topological polar surface area (TPSA) is 97.7 Å². The standard InChI is InChI=1S/C20H26N2O5/c1-2-12-25-16-8-4-5-9-17(16)26-14-19(24)27-13-18(23)22-20(15-21)10-6-3-7-11-20/h4-5,8-9H,2-3,6-7,10-14H2,1H3,(H,22,23). The largest absolute Gasteiger partial charge is 0.490 e. The molecule has 0 bridgehead atoms. The Bertz CT molecular complexity index is 677. The van der Waals surface area contributed by atoms with Crippen molar-refractivity contribution in [1.29, 1.82) is 5.26 Å². The van der Waals surface area contributed by atoms with Gasteiger partial charge >= 0.3 is 5.97 Å². The second kappa shape index (κ2) is 10.4. The molecule has 1 aliphatic carbocycles. The highest BCUT2D eigenvalue weighted by molar-refractivity contribution is 5.81. The van der Waals surface area contributed by atoms with Gasteiger partial charge in [0, 0.05) is 0 Å². The Morgan fingerprint density at radius 3 is 2.41 bits per heavy atom. The summed E-state index contributed by atoms with van der Waals surface area (Å²) in [6, 6.07) is 9.25. The molecule has 1 saturated carbocycles. The predicted molar refractivity (Wildman–Crippen MR) is 98.3 cm³/mol. The Labute approximate surface area is 159 Å². The van der Waals surface area contributed by atoms with E-state index in [1.165, 1.54) is 0 Å². The number of nitrogens with zero attached hydrogens (tertiary/aromatic N) is 1. The van der Waals surface area contributed by atoms with E-state index in [-0.39, 0.29) is 6.61 Å². The zero-order chi connectivity index (χ0) is 19.5. The number of carbonyl (C=O) groups excluding carboxylic acids is 2. The summed E-state index contributed by atoms with van der Waals surface area (Å²) in [4.78, 5) is 23.9. The van der Waals surface area contributed by atoms with Crippen molar-refractivity contribution >= 4 is 11.9 Å². The molecule has 0 radical (unpaired) electrons. The molecule has 1 aliphatic rings. The zero-order valence-corrected chi connectivity index (χ0v) is 15.7. The lowest BCUT2D eigenvalue weighted by molar-refractivity contribution is -0.150. The first-order valence-corrected chi connectivity index (χ1v) is 9.31. The molecule has 146 valence electrons. The van der Waals surface area contributed by atoms with Crippen LogP contribution in [0.4, 0.5) is 0 Å². The summed E-state index contributed by atoms with van der Waals surface area (Å²) in [5, 5.41) is 12.1. The first-order valence-electron chi connectivity index (χ1n) is 9.31. The maximum absolute atomic E-state index is 12.0. The number of hydrogen-bond acceptors (Lipinski definition) is 6. The number of ether oxygens (including phenoxy) is 3. The van der Waals surface area contributed by atoms with Gasteiger partial charge in [-0.05, 0) is 31.4 Å². The first kappa shape index (κ1) is 20.6. The Kier molecular flexibility index (Phi) is 7.93. The highest BCUT2D eigenvalue weighted by atomic mass is 16.6. The molecule has 1 aromatic rings. The van der Waals surface area contributed by atoms with Crippen molar-refractivity contribution in [3.05, 3.63) is 24.3 Å². The molecule has 0 unspecified atom stereocenters. The third-order valence-corrected chi connectivity index (χ3v) is 4.32. The van der Waals surface area contributed by atoms with Gasteiger partial charge in [-0.3, -0.25) is 4.79 Å². The second-order valence-corrected chi connectivity index (χ2v) is 6.55. The number of hydrogen-bond donors (Lipinski definition) is 1. The lowest BCUT2D eigenvalue weighted by Crippen LogP contribution is -2.50. The van der Waals surface area contributed by atoms with E-state index in [0.29, 0.717) is 30.9 Å². The van der Waals surface area contributed by atoms with Crippen molar-refractivity contribution in [2.24, 2.45) is 0 Å². The lowest BCUT2D eigenvalue weighted by atomic mass is 9.83. The lowest BCUT2D eigenvalue weighted by Gasteiger charge is -2.31. The van der Waals surface area contributed by atoms with E-state index in [1.807, 2.05) is 13.0 Å². The minimum atomic E-state index is -0.839. The molecular formula is C20H26N2O5. The van der Waals surface area contributed by atoms with Gasteiger partial charge in [-0.25, -0.2) is 4.79 Å². The number of amides is 1. The molecule has 1 amide bonds. The Hall–Kier alpha value is -2.75. The van der Waals surface area contributed by atoms with Crippen LogP contribution in [0.2, 0.25) is 0 Å². The Balaban J connectivity index is 1.76. The van der Waals surface area contributed by atoms with Crippen LogP contribution in [0.25, 0.3) is 0 Å². The third-order valence-electron chi connectivity index (χ3n) is 4.32. The number of nitriles is 1. The van der Waals surface area contributed by atoms with Gasteiger partial charge in [-0.2, -0.15) is 5.26 Å². The molecule has 0 aliphatic heterocycles. The van der Waals surface area contributed by atoms with E-state index in [0.717, 1.165) is 25.7 Å². The van der Waals surface area contributed by atoms with E-state index >= 15 is 0 Å². The van der Waals surface area contributed by atoms with Crippen LogP contribution in [-0.4, -0.2) is 37.2 Å². The van der Waals surface area contributed by atoms with Gasteiger partial charge < -0.3 is 19.5 Å². The molecule has 27 heavy (non-hydrogen) atoms. The van der Waals surface area contributed by atoms with Crippen LogP contribution in [0.1, 0.15) is 45.4 Å². The SMILES string of the molecule is CCCOc1ccccc1OCC(=O)OCC(=O)NC1(C#N)CCCCC1. The molecule has 0 heterocycles. The smallest absolute Gasteiger partial charge is 0.344 e. The third kappa shape index (κ3) is 6.48. The minimum Gasteiger partial charge on any atom is -0.490 e. The number of esters is 1. The van der Waals surface area contributed by atoms with Gasteiger partial charge in [-0.1, -0.05) is 38.3 Å². The number of benzene rings is 1. The average molecular weight is 374 g/mol. The van der Waals surface area contributed by atoms with Crippen molar-refractivity contribution < 1.29 is 23.8 Å². The molecule has 0 atom stereocenters. The molecule has 0 spiro atoms. The Morgan fingerprint density at radius 1 is 1.11 bits per heavy atom. The van der Waals surface area contributed by atoms with Crippen LogP contribution < -0.4 is 14.8 Å².